The third-order valence-corrected chi connectivity index (χ3v) is 4.95. The Labute approximate surface area is 182 Å². The summed E-state index contributed by atoms with van der Waals surface area (Å²) in [5.41, 5.74) is 1.44. The first-order chi connectivity index (χ1) is 15.4. The topological polar surface area (TPSA) is 66.4 Å². The highest BCUT2D eigenvalue weighted by molar-refractivity contribution is 6.14. The van der Waals surface area contributed by atoms with Crippen molar-refractivity contribution in [3.63, 3.8) is 0 Å². The molecule has 0 saturated heterocycles. The Bertz CT molecular complexity index is 1380. The molecule has 0 radical (unpaired) electrons. The van der Waals surface area contributed by atoms with Gasteiger partial charge in [-0.2, -0.15) is 0 Å². The number of carbonyl (C=O) groups excluding carboxylic acids is 1. The number of nitrogens with one attached hydrogen (secondary N) is 1. The number of hydrogen-bond acceptors (Lipinski definition) is 2. The standard InChI is InChI=1S/C26H17F2NO3/c27-22-8-4-3-7-20(22)18-14-17-5-1-2-6-19(17)21(15-18)26(32)29-24-13-16(9-11-23(24)28)10-12-25(30)31/h1-15H,(H,29,32)(H,30,31)/b12-10+. The fraction of sp³-hybridized carbons (Fsp3) is 0. The van der Waals surface area contributed by atoms with Crippen LogP contribution in [-0.4, -0.2) is 17.0 Å². The molecule has 0 aliphatic carbocycles. The van der Waals surface area contributed by atoms with Gasteiger partial charge < -0.3 is 10.4 Å². The van der Waals surface area contributed by atoms with E-state index in [9.17, 15) is 18.4 Å². The van der Waals surface area contributed by atoms with Crippen LogP contribution in [0, 0.1) is 11.6 Å². The Kier molecular flexibility index (Phi) is 5.77. The number of hydrogen-bond donors (Lipinski definition) is 2. The molecule has 0 unspecified atom stereocenters. The zero-order valence-corrected chi connectivity index (χ0v) is 16.7. The van der Waals surface area contributed by atoms with Gasteiger partial charge in [0.05, 0.1) is 5.69 Å². The maximum absolute atomic E-state index is 14.4. The molecular formula is C26H17F2NO3. The number of amides is 1. The first-order valence-corrected chi connectivity index (χ1v) is 9.72. The molecule has 2 N–H and O–H groups in total. The molecule has 0 fully saturated rings. The van der Waals surface area contributed by atoms with E-state index in [1.165, 1.54) is 24.3 Å². The van der Waals surface area contributed by atoms with Crippen molar-refractivity contribution in [2.75, 3.05) is 5.32 Å². The molecular weight excluding hydrogens is 412 g/mol. The van der Waals surface area contributed by atoms with Crippen LogP contribution in [0.5, 0.6) is 0 Å². The lowest BCUT2D eigenvalue weighted by atomic mass is 9.96. The molecule has 4 rings (SSSR count). The minimum atomic E-state index is -1.14. The zero-order chi connectivity index (χ0) is 22.7. The molecule has 32 heavy (non-hydrogen) atoms. The van der Waals surface area contributed by atoms with Crippen LogP contribution in [0.3, 0.4) is 0 Å². The van der Waals surface area contributed by atoms with Crippen molar-refractivity contribution < 1.29 is 23.5 Å². The van der Waals surface area contributed by atoms with Gasteiger partial charge in [0.25, 0.3) is 5.91 Å². The Morgan fingerprint density at radius 1 is 0.844 bits per heavy atom. The number of aliphatic carboxylic acids is 1. The van der Waals surface area contributed by atoms with Gasteiger partial charge in [-0.1, -0.05) is 48.5 Å². The summed E-state index contributed by atoms with van der Waals surface area (Å²) in [5, 5.41) is 12.7. The monoisotopic (exact) mass is 429 g/mol. The number of carboxylic acids is 1. The van der Waals surface area contributed by atoms with E-state index < -0.39 is 23.5 Å². The van der Waals surface area contributed by atoms with Gasteiger partial charge in [0.1, 0.15) is 11.6 Å². The van der Waals surface area contributed by atoms with Crippen molar-refractivity contribution in [3.05, 3.63) is 108 Å². The largest absolute Gasteiger partial charge is 0.478 e. The highest BCUT2D eigenvalue weighted by Crippen LogP contribution is 2.30. The molecule has 0 spiro atoms. The number of rotatable bonds is 5. The Morgan fingerprint density at radius 3 is 2.38 bits per heavy atom. The highest BCUT2D eigenvalue weighted by atomic mass is 19.1. The number of benzene rings is 4. The number of carboxylic acid groups (broad SMARTS) is 1. The lowest BCUT2D eigenvalue weighted by molar-refractivity contribution is -0.131. The smallest absolute Gasteiger partial charge is 0.328 e. The summed E-state index contributed by atoms with van der Waals surface area (Å²) in [6.45, 7) is 0. The molecule has 0 aliphatic rings. The molecule has 0 atom stereocenters. The van der Waals surface area contributed by atoms with Crippen molar-refractivity contribution in [2.45, 2.75) is 0 Å². The second-order valence-electron chi connectivity index (χ2n) is 7.09. The SMILES string of the molecule is O=C(O)/C=C/c1ccc(F)c(NC(=O)c2cc(-c3ccccc3F)cc3ccccc23)c1. The van der Waals surface area contributed by atoms with Gasteiger partial charge in [-0.05, 0) is 58.3 Å². The van der Waals surface area contributed by atoms with Crippen LogP contribution < -0.4 is 5.32 Å². The van der Waals surface area contributed by atoms with Crippen LogP contribution in [0.2, 0.25) is 0 Å². The maximum atomic E-state index is 14.4. The summed E-state index contributed by atoms with van der Waals surface area (Å²) >= 11 is 0. The van der Waals surface area contributed by atoms with E-state index in [0.29, 0.717) is 22.1 Å². The summed E-state index contributed by atoms with van der Waals surface area (Å²) in [5.74, 6) is -2.80. The van der Waals surface area contributed by atoms with E-state index in [-0.39, 0.29) is 11.3 Å². The summed E-state index contributed by atoms with van der Waals surface area (Å²) in [6, 6.07) is 20.7. The van der Waals surface area contributed by atoms with Gasteiger partial charge in [0.15, 0.2) is 0 Å². The van der Waals surface area contributed by atoms with E-state index in [1.807, 2.05) is 12.1 Å². The quantitative estimate of drug-likeness (QED) is 0.375. The minimum Gasteiger partial charge on any atom is -0.478 e. The molecule has 0 bridgehead atoms. The molecule has 4 aromatic rings. The van der Waals surface area contributed by atoms with Crippen LogP contribution in [-0.2, 0) is 4.79 Å². The van der Waals surface area contributed by atoms with E-state index in [1.54, 1.807) is 42.5 Å². The summed E-state index contributed by atoms with van der Waals surface area (Å²) in [4.78, 5) is 23.9. The van der Waals surface area contributed by atoms with Gasteiger partial charge in [-0.3, -0.25) is 4.79 Å². The molecule has 0 saturated carbocycles. The van der Waals surface area contributed by atoms with Crippen LogP contribution >= 0.6 is 0 Å². The van der Waals surface area contributed by atoms with Gasteiger partial charge >= 0.3 is 5.97 Å². The van der Waals surface area contributed by atoms with Gasteiger partial charge in [-0.15, -0.1) is 0 Å². The average molecular weight is 429 g/mol. The average Bonchev–Trinajstić information content (AvgIpc) is 2.79. The number of anilines is 1. The van der Waals surface area contributed by atoms with Crippen molar-refractivity contribution in [1.82, 2.24) is 0 Å². The second-order valence-corrected chi connectivity index (χ2v) is 7.09. The van der Waals surface area contributed by atoms with Gasteiger partial charge in [-0.25, -0.2) is 13.6 Å². The lowest BCUT2D eigenvalue weighted by Crippen LogP contribution is -2.14. The van der Waals surface area contributed by atoms with E-state index in [4.69, 9.17) is 5.11 Å². The molecule has 0 heterocycles. The van der Waals surface area contributed by atoms with E-state index >= 15 is 0 Å². The van der Waals surface area contributed by atoms with Crippen LogP contribution in [0.4, 0.5) is 14.5 Å². The Hall–Kier alpha value is -4.32. The first-order valence-electron chi connectivity index (χ1n) is 9.72. The van der Waals surface area contributed by atoms with E-state index in [2.05, 4.69) is 5.32 Å². The Morgan fingerprint density at radius 2 is 1.59 bits per heavy atom. The molecule has 4 nitrogen and oxygen atoms in total. The maximum Gasteiger partial charge on any atom is 0.328 e. The number of halogens is 2. The van der Waals surface area contributed by atoms with Crippen LogP contribution in [0.25, 0.3) is 28.0 Å². The normalized spacial score (nSPS) is 11.1. The molecule has 6 heteroatoms. The molecule has 0 aromatic heterocycles. The molecule has 0 aliphatic heterocycles. The highest BCUT2D eigenvalue weighted by Gasteiger charge is 2.16. The molecule has 158 valence electrons. The summed E-state index contributed by atoms with van der Waals surface area (Å²) < 4.78 is 28.7. The third-order valence-electron chi connectivity index (χ3n) is 4.95. The van der Waals surface area contributed by atoms with Crippen molar-refractivity contribution in [2.24, 2.45) is 0 Å². The lowest BCUT2D eigenvalue weighted by Gasteiger charge is -2.13. The third kappa shape index (κ3) is 4.39. The van der Waals surface area contributed by atoms with E-state index in [0.717, 1.165) is 17.5 Å². The fourth-order valence-electron chi connectivity index (χ4n) is 3.45. The minimum absolute atomic E-state index is 0.0945. The predicted octanol–water partition coefficient (Wildman–Crippen LogP) is 6.14. The number of carbonyl (C=O) groups is 2. The van der Waals surface area contributed by atoms with Crippen molar-refractivity contribution >= 4 is 34.4 Å². The fourth-order valence-corrected chi connectivity index (χ4v) is 3.45. The molecule has 4 aromatic carbocycles. The predicted molar refractivity (Wildman–Crippen MR) is 120 cm³/mol. The van der Waals surface area contributed by atoms with Gasteiger partial charge in [0.2, 0.25) is 0 Å². The zero-order valence-electron chi connectivity index (χ0n) is 16.7. The summed E-state index contributed by atoms with van der Waals surface area (Å²) in [7, 11) is 0. The van der Waals surface area contributed by atoms with Crippen molar-refractivity contribution in [3.8, 4) is 11.1 Å². The van der Waals surface area contributed by atoms with Crippen molar-refractivity contribution in [1.29, 1.82) is 0 Å². The molecule has 1 amide bonds. The number of fused-ring (bicyclic) bond motifs is 1. The Balaban J connectivity index is 1.77. The van der Waals surface area contributed by atoms with Crippen LogP contribution in [0.15, 0.2) is 84.9 Å². The van der Waals surface area contributed by atoms with Gasteiger partial charge in [0, 0.05) is 17.2 Å². The summed E-state index contributed by atoms with van der Waals surface area (Å²) in [6.07, 6.45) is 2.22. The second kappa shape index (κ2) is 8.81. The first kappa shape index (κ1) is 20.9. The van der Waals surface area contributed by atoms with Crippen LogP contribution in [0.1, 0.15) is 15.9 Å².